The number of rotatable bonds is 6. The highest BCUT2D eigenvalue weighted by atomic mass is 32.2. The lowest BCUT2D eigenvalue weighted by Crippen LogP contribution is -2.01. The number of benzene rings is 2. The van der Waals surface area contributed by atoms with Gasteiger partial charge >= 0.3 is 0 Å². The first-order valence-electron chi connectivity index (χ1n) is 8.79. The van der Waals surface area contributed by atoms with Crippen molar-refractivity contribution in [1.82, 2.24) is 24.7 Å². The third-order valence-corrected chi connectivity index (χ3v) is 5.38. The Balaban J connectivity index is 1.49. The predicted octanol–water partition coefficient (Wildman–Crippen LogP) is 2.93. The fourth-order valence-corrected chi connectivity index (χ4v) is 3.41. The zero-order valence-electron chi connectivity index (χ0n) is 15.6. The minimum atomic E-state index is -3.22. The highest BCUT2D eigenvalue weighted by Crippen LogP contribution is 2.21. The summed E-state index contributed by atoms with van der Waals surface area (Å²) in [5.74, 6) is 0.457. The highest BCUT2D eigenvalue weighted by Gasteiger charge is 2.08. The monoisotopic (exact) mass is 406 g/mol. The van der Waals surface area contributed by atoms with Crippen LogP contribution in [-0.2, 0) is 16.4 Å². The van der Waals surface area contributed by atoms with Crippen LogP contribution in [0.2, 0.25) is 0 Å². The fraction of sp³-hybridized carbons (Fsp3) is 0.100. The van der Waals surface area contributed by atoms with E-state index in [2.05, 4.69) is 25.4 Å². The maximum atomic E-state index is 11.6. The Hall–Kier alpha value is -3.59. The van der Waals surface area contributed by atoms with Gasteiger partial charge in [-0.3, -0.25) is 0 Å². The topological polar surface area (TPSA) is 103 Å². The molecule has 1 N–H and O–H groups in total. The molecule has 8 nitrogen and oxygen atoms in total. The molecule has 2 aromatic heterocycles. The standard InChI is InChI=1S/C20H18N6O2S/c1-29(27,28)18-8-4-16(5-9-18)19-10-11-22-20(25-19)24-17-6-2-15(3-7-17)12-26-14-21-13-23-26/h2-11,13-14H,12H2,1H3,(H,22,24,25). The molecule has 4 rings (SSSR count). The van der Waals surface area contributed by atoms with Crippen molar-refractivity contribution in [1.29, 1.82) is 0 Å². The van der Waals surface area contributed by atoms with Gasteiger partial charge in [0.05, 0.1) is 17.1 Å². The zero-order chi connectivity index (χ0) is 20.3. The molecule has 146 valence electrons. The average molecular weight is 406 g/mol. The number of nitrogens with one attached hydrogen (secondary N) is 1. The van der Waals surface area contributed by atoms with Gasteiger partial charge in [0, 0.05) is 23.7 Å². The molecule has 4 aromatic rings. The minimum absolute atomic E-state index is 0.277. The molecule has 0 aliphatic heterocycles. The molecule has 0 amide bonds. The molecule has 0 fully saturated rings. The van der Waals surface area contributed by atoms with E-state index < -0.39 is 9.84 Å². The summed E-state index contributed by atoms with van der Waals surface area (Å²) in [5, 5.41) is 7.28. The maximum Gasteiger partial charge on any atom is 0.227 e. The molecule has 0 unspecified atom stereocenters. The van der Waals surface area contributed by atoms with Crippen LogP contribution in [0.5, 0.6) is 0 Å². The number of nitrogens with zero attached hydrogens (tertiary/aromatic N) is 5. The Morgan fingerprint density at radius 2 is 1.76 bits per heavy atom. The molecule has 2 aromatic carbocycles. The quantitative estimate of drug-likeness (QED) is 0.525. The minimum Gasteiger partial charge on any atom is -0.324 e. The lowest BCUT2D eigenvalue weighted by Gasteiger charge is -2.08. The van der Waals surface area contributed by atoms with E-state index in [-0.39, 0.29) is 4.90 Å². The van der Waals surface area contributed by atoms with Crippen LogP contribution >= 0.6 is 0 Å². The fourth-order valence-electron chi connectivity index (χ4n) is 2.78. The second-order valence-corrected chi connectivity index (χ2v) is 8.49. The molecule has 0 atom stereocenters. The van der Waals surface area contributed by atoms with Gasteiger partial charge in [-0.15, -0.1) is 0 Å². The van der Waals surface area contributed by atoms with Crippen molar-refractivity contribution in [3.8, 4) is 11.3 Å². The average Bonchev–Trinajstić information content (AvgIpc) is 3.22. The van der Waals surface area contributed by atoms with Crippen molar-refractivity contribution in [3.05, 3.63) is 79.0 Å². The van der Waals surface area contributed by atoms with Gasteiger partial charge in [0.2, 0.25) is 5.95 Å². The highest BCUT2D eigenvalue weighted by molar-refractivity contribution is 7.90. The van der Waals surface area contributed by atoms with Gasteiger partial charge in [-0.1, -0.05) is 24.3 Å². The van der Waals surface area contributed by atoms with Gasteiger partial charge in [0.15, 0.2) is 9.84 Å². The first-order valence-corrected chi connectivity index (χ1v) is 10.7. The van der Waals surface area contributed by atoms with Gasteiger partial charge in [-0.05, 0) is 35.9 Å². The molecular formula is C20H18N6O2S. The van der Waals surface area contributed by atoms with Crippen LogP contribution in [0.1, 0.15) is 5.56 Å². The molecule has 29 heavy (non-hydrogen) atoms. The normalized spacial score (nSPS) is 11.3. The predicted molar refractivity (Wildman–Crippen MR) is 109 cm³/mol. The van der Waals surface area contributed by atoms with E-state index in [0.717, 1.165) is 16.8 Å². The van der Waals surface area contributed by atoms with Gasteiger partial charge in [-0.2, -0.15) is 5.10 Å². The summed E-state index contributed by atoms with van der Waals surface area (Å²) in [5.41, 5.74) is 3.47. The van der Waals surface area contributed by atoms with Crippen LogP contribution in [0.25, 0.3) is 11.3 Å². The summed E-state index contributed by atoms with van der Waals surface area (Å²) in [7, 11) is -3.22. The molecule has 0 saturated heterocycles. The van der Waals surface area contributed by atoms with Crippen LogP contribution in [0.15, 0.2) is 78.3 Å². The van der Waals surface area contributed by atoms with Gasteiger partial charge in [0.1, 0.15) is 12.7 Å². The van der Waals surface area contributed by atoms with Crippen LogP contribution < -0.4 is 5.32 Å². The summed E-state index contributed by atoms with van der Waals surface area (Å²) in [6, 6.07) is 16.3. The van der Waals surface area contributed by atoms with Crippen molar-refractivity contribution < 1.29 is 8.42 Å². The molecule has 0 aliphatic carbocycles. The second kappa shape index (κ2) is 7.80. The summed E-state index contributed by atoms with van der Waals surface area (Å²) in [4.78, 5) is 13.0. The van der Waals surface area contributed by atoms with E-state index in [1.165, 1.54) is 12.6 Å². The molecule has 0 spiro atoms. The smallest absolute Gasteiger partial charge is 0.227 e. The Morgan fingerprint density at radius 1 is 1.00 bits per heavy atom. The summed E-state index contributed by atoms with van der Waals surface area (Å²) in [6.07, 6.45) is 6.03. The third kappa shape index (κ3) is 4.64. The second-order valence-electron chi connectivity index (χ2n) is 6.48. The van der Waals surface area contributed by atoms with E-state index in [4.69, 9.17) is 0 Å². The molecular weight excluding hydrogens is 388 g/mol. The first kappa shape index (κ1) is 18.8. The number of aromatic nitrogens is 5. The lowest BCUT2D eigenvalue weighted by molar-refractivity contribution is 0.602. The SMILES string of the molecule is CS(=O)(=O)c1ccc(-c2ccnc(Nc3ccc(Cn4cncn4)cc3)n2)cc1. The van der Waals surface area contributed by atoms with E-state index in [0.29, 0.717) is 18.2 Å². The number of anilines is 2. The van der Waals surface area contributed by atoms with E-state index in [1.54, 1.807) is 47.5 Å². The third-order valence-electron chi connectivity index (χ3n) is 4.26. The Labute approximate surface area is 168 Å². The lowest BCUT2D eigenvalue weighted by atomic mass is 10.1. The van der Waals surface area contributed by atoms with Crippen LogP contribution in [0, 0.1) is 0 Å². The van der Waals surface area contributed by atoms with Crippen molar-refractivity contribution in [2.45, 2.75) is 11.4 Å². The molecule has 0 aliphatic rings. The largest absolute Gasteiger partial charge is 0.324 e. The van der Waals surface area contributed by atoms with E-state index in [1.807, 2.05) is 24.3 Å². The first-order chi connectivity index (χ1) is 14.0. The summed E-state index contributed by atoms with van der Waals surface area (Å²) in [6.45, 7) is 0.649. The Bertz CT molecular complexity index is 1200. The van der Waals surface area contributed by atoms with Gasteiger partial charge in [-0.25, -0.2) is 28.1 Å². The summed E-state index contributed by atoms with van der Waals surface area (Å²) >= 11 is 0. The van der Waals surface area contributed by atoms with Crippen molar-refractivity contribution in [2.75, 3.05) is 11.6 Å². The summed E-state index contributed by atoms with van der Waals surface area (Å²) < 4.78 is 25.0. The van der Waals surface area contributed by atoms with Crippen LogP contribution in [-0.4, -0.2) is 39.4 Å². The van der Waals surface area contributed by atoms with Crippen molar-refractivity contribution in [3.63, 3.8) is 0 Å². The van der Waals surface area contributed by atoms with Gasteiger partial charge in [0.25, 0.3) is 0 Å². The molecule has 0 bridgehead atoms. The maximum absolute atomic E-state index is 11.6. The molecule has 2 heterocycles. The number of hydrogen-bond donors (Lipinski definition) is 1. The zero-order valence-corrected chi connectivity index (χ0v) is 16.4. The van der Waals surface area contributed by atoms with E-state index >= 15 is 0 Å². The van der Waals surface area contributed by atoms with E-state index in [9.17, 15) is 8.42 Å². The number of hydrogen-bond acceptors (Lipinski definition) is 7. The molecule has 9 heteroatoms. The van der Waals surface area contributed by atoms with Crippen molar-refractivity contribution in [2.24, 2.45) is 0 Å². The Kier molecular flexibility index (Phi) is 5.05. The van der Waals surface area contributed by atoms with Crippen molar-refractivity contribution >= 4 is 21.5 Å². The van der Waals surface area contributed by atoms with Crippen LogP contribution in [0.3, 0.4) is 0 Å². The van der Waals surface area contributed by atoms with Crippen LogP contribution in [0.4, 0.5) is 11.6 Å². The number of sulfone groups is 1. The molecule has 0 radical (unpaired) electrons. The Morgan fingerprint density at radius 3 is 2.41 bits per heavy atom. The molecule has 0 saturated carbocycles. The van der Waals surface area contributed by atoms with Gasteiger partial charge < -0.3 is 5.32 Å².